The zero-order chi connectivity index (χ0) is 19.8. The monoisotopic (exact) mass is 371 g/mol. The predicted octanol–water partition coefficient (Wildman–Crippen LogP) is 3.06. The Bertz CT molecular complexity index is 829. The number of carbonyl (C=O) groups excluding carboxylic acids is 3. The van der Waals surface area contributed by atoms with Crippen LogP contribution in [0.15, 0.2) is 42.5 Å². The van der Waals surface area contributed by atoms with E-state index in [1.807, 2.05) is 6.92 Å². The maximum Gasteiger partial charge on any atom is 0.342 e. The lowest BCUT2D eigenvalue weighted by Crippen LogP contribution is -2.21. The molecule has 0 spiro atoms. The number of hydrogen-bond donors (Lipinski definition) is 2. The Hall–Kier alpha value is -3.35. The molecule has 0 aromatic heterocycles. The molecule has 0 saturated carbocycles. The van der Waals surface area contributed by atoms with Gasteiger partial charge in [-0.2, -0.15) is 0 Å². The second-order valence-electron chi connectivity index (χ2n) is 5.86. The van der Waals surface area contributed by atoms with Gasteiger partial charge in [-0.05, 0) is 49.7 Å². The third-order valence-corrected chi connectivity index (χ3v) is 3.55. The van der Waals surface area contributed by atoms with Crippen LogP contribution in [-0.4, -0.2) is 36.2 Å². The third-order valence-electron chi connectivity index (χ3n) is 3.55. The van der Waals surface area contributed by atoms with Crippen LogP contribution in [0.2, 0.25) is 0 Å². The molecule has 0 aliphatic heterocycles. The van der Waals surface area contributed by atoms with Gasteiger partial charge in [0.2, 0.25) is 0 Å². The maximum absolute atomic E-state index is 12.0. The molecule has 0 bridgehead atoms. The number of benzene rings is 2. The summed E-state index contributed by atoms with van der Waals surface area (Å²) >= 11 is 0. The number of carbonyl (C=O) groups is 3. The molecule has 0 unspecified atom stereocenters. The molecule has 7 heteroatoms. The summed E-state index contributed by atoms with van der Waals surface area (Å²) in [5, 5.41) is 12.2. The third kappa shape index (κ3) is 5.85. The summed E-state index contributed by atoms with van der Waals surface area (Å²) in [4.78, 5) is 35.6. The van der Waals surface area contributed by atoms with Crippen LogP contribution in [-0.2, 0) is 14.3 Å². The topological polar surface area (TPSA) is 102 Å². The normalized spacial score (nSPS) is 10.1. The van der Waals surface area contributed by atoms with Gasteiger partial charge in [-0.1, -0.05) is 18.6 Å². The van der Waals surface area contributed by atoms with Gasteiger partial charge in [0, 0.05) is 5.69 Å². The van der Waals surface area contributed by atoms with E-state index in [0.29, 0.717) is 17.9 Å². The molecule has 0 fully saturated rings. The van der Waals surface area contributed by atoms with E-state index in [0.717, 1.165) is 12.0 Å². The number of nitrogens with one attached hydrogen (secondary N) is 1. The Labute approximate surface area is 156 Å². The van der Waals surface area contributed by atoms with Crippen molar-refractivity contribution >= 4 is 23.5 Å². The van der Waals surface area contributed by atoms with Crippen LogP contribution in [0.5, 0.6) is 5.75 Å². The highest BCUT2D eigenvalue weighted by Crippen LogP contribution is 2.19. The van der Waals surface area contributed by atoms with Gasteiger partial charge < -0.3 is 19.9 Å². The minimum atomic E-state index is -0.791. The molecule has 0 aliphatic rings. The summed E-state index contributed by atoms with van der Waals surface area (Å²) in [7, 11) is 0. The van der Waals surface area contributed by atoms with Crippen LogP contribution in [0, 0.1) is 6.92 Å². The predicted molar refractivity (Wildman–Crippen MR) is 98.8 cm³/mol. The van der Waals surface area contributed by atoms with Crippen molar-refractivity contribution in [2.75, 3.05) is 18.5 Å². The van der Waals surface area contributed by atoms with Gasteiger partial charge in [-0.15, -0.1) is 0 Å². The van der Waals surface area contributed by atoms with Crippen molar-refractivity contribution in [3.8, 4) is 5.75 Å². The lowest BCUT2D eigenvalue weighted by Gasteiger charge is -2.09. The quantitative estimate of drug-likeness (QED) is 0.725. The summed E-state index contributed by atoms with van der Waals surface area (Å²) in [6.45, 7) is 3.51. The van der Waals surface area contributed by atoms with E-state index in [-0.39, 0.29) is 11.3 Å². The minimum absolute atomic E-state index is 0.00209. The van der Waals surface area contributed by atoms with Crippen molar-refractivity contribution in [1.82, 2.24) is 0 Å². The Morgan fingerprint density at radius 2 is 1.70 bits per heavy atom. The molecule has 1 amide bonds. The van der Waals surface area contributed by atoms with Crippen molar-refractivity contribution in [2.45, 2.75) is 20.3 Å². The van der Waals surface area contributed by atoms with Crippen LogP contribution in [0.25, 0.3) is 0 Å². The Kier molecular flexibility index (Phi) is 6.93. The van der Waals surface area contributed by atoms with Crippen LogP contribution < -0.4 is 5.32 Å². The van der Waals surface area contributed by atoms with Gasteiger partial charge in [0.05, 0.1) is 12.2 Å². The number of hydrogen-bond acceptors (Lipinski definition) is 6. The summed E-state index contributed by atoms with van der Waals surface area (Å²) in [6.07, 6.45) is 0.735. The average Bonchev–Trinajstić information content (AvgIpc) is 2.66. The highest BCUT2D eigenvalue weighted by molar-refractivity contribution is 5.97. The summed E-state index contributed by atoms with van der Waals surface area (Å²) in [6, 6.07) is 10.7. The molecule has 2 rings (SSSR count). The van der Waals surface area contributed by atoms with E-state index < -0.39 is 24.5 Å². The van der Waals surface area contributed by atoms with Crippen LogP contribution in [0.3, 0.4) is 0 Å². The molecule has 2 aromatic rings. The SMILES string of the molecule is CCCOC(=O)c1ccc(NC(=O)COC(=O)c2cc(C)ccc2O)cc1. The number of aryl methyl sites for hydroxylation is 1. The molecule has 0 radical (unpaired) electrons. The number of esters is 2. The highest BCUT2D eigenvalue weighted by Gasteiger charge is 2.15. The number of phenols is 1. The van der Waals surface area contributed by atoms with Crippen molar-refractivity contribution in [2.24, 2.45) is 0 Å². The number of aromatic hydroxyl groups is 1. The van der Waals surface area contributed by atoms with Crippen molar-refractivity contribution < 1.29 is 29.0 Å². The molecular formula is C20H21NO6. The van der Waals surface area contributed by atoms with E-state index in [1.54, 1.807) is 25.1 Å². The van der Waals surface area contributed by atoms with Crippen LogP contribution in [0.4, 0.5) is 5.69 Å². The van der Waals surface area contributed by atoms with E-state index in [1.165, 1.54) is 24.3 Å². The van der Waals surface area contributed by atoms with Gasteiger partial charge >= 0.3 is 11.9 Å². The van der Waals surface area contributed by atoms with Gasteiger partial charge in [-0.3, -0.25) is 4.79 Å². The first-order valence-electron chi connectivity index (χ1n) is 8.44. The standard InChI is InChI=1S/C20H21NO6/c1-3-10-26-19(24)14-5-7-15(8-6-14)21-18(23)12-27-20(25)16-11-13(2)4-9-17(16)22/h4-9,11,22H,3,10,12H2,1-2H3,(H,21,23). The number of rotatable bonds is 7. The molecular weight excluding hydrogens is 350 g/mol. The lowest BCUT2D eigenvalue weighted by molar-refractivity contribution is -0.119. The fourth-order valence-corrected chi connectivity index (χ4v) is 2.19. The summed E-state index contributed by atoms with van der Waals surface area (Å²) in [5.74, 6) is -1.98. The molecule has 7 nitrogen and oxygen atoms in total. The van der Waals surface area contributed by atoms with E-state index >= 15 is 0 Å². The lowest BCUT2D eigenvalue weighted by atomic mass is 10.1. The molecule has 2 aromatic carbocycles. The highest BCUT2D eigenvalue weighted by atomic mass is 16.5. The number of ether oxygens (including phenoxy) is 2. The second-order valence-corrected chi connectivity index (χ2v) is 5.86. The minimum Gasteiger partial charge on any atom is -0.507 e. The van der Waals surface area contributed by atoms with Gasteiger partial charge in [0.25, 0.3) is 5.91 Å². The molecule has 0 aliphatic carbocycles. The molecule has 0 heterocycles. The summed E-state index contributed by atoms with van der Waals surface area (Å²) < 4.78 is 9.94. The Morgan fingerprint density at radius 3 is 2.37 bits per heavy atom. The summed E-state index contributed by atoms with van der Waals surface area (Å²) in [5.41, 5.74) is 1.60. The van der Waals surface area contributed by atoms with E-state index in [4.69, 9.17) is 9.47 Å². The molecule has 0 saturated heterocycles. The second kappa shape index (κ2) is 9.38. The first kappa shape index (κ1) is 20.0. The van der Waals surface area contributed by atoms with Crippen molar-refractivity contribution in [1.29, 1.82) is 0 Å². The van der Waals surface area contributed by atoms with E-state index in [9.17, 15) is 19.5 Å². The van der Waals surface area contributed by atoms with E-state index in [2.05, 4.69) is 5.32 Å². The van der Waals surface area contributed by atoms with Gasteiger partial charge in [0.1, 0.15) is 11.3 Å². The van der Waals surface area contributed by atoms with Crippen LogP contribution >= 0.6 is 0 Å². The fourth-order valence-electron chi connectivity index (χ4n) is 2.19. The molecule has 2 N–H and O–H groups in total. The Balaban J connectivity index is 1.87. The zero-order valence-corrected chi connectivity index (χ0v) is 15.2. The Morgan fingerprint density at radius 1 is 1.00 bits per heavy atom. The largest absolute Gasteiger partial charge is 0.507 e. The van der Waals surface area contributed by atoms with Crippen molar-refractivity contribution in [3.05, 3.63) is 59.2 Å². The number of amides is 1. The first-order chi connectivity index (χ1) is 12.9. The average molecular weight is 371 g/mol. The molecule has 142 valence electrons. The van der Waals surface area contributed by atoms with Gasteiger partial charge in [0.15, 0.2) is 6.61 Å². The maximum atomic E-state index is 12.0. The fraction of sp³-hybridized carbons (Fsp3) is 0.250. The zero-order valence-electron chi connectivity index (χ0n) is 15.2. The number of anilines is 1. The van der Waals surface area contributed by atoms with Crippen LogP contribution in [0.1, 0.15) is 39.6 Å². The molecule has 27 heavy (non-hydrogen) atoms. The first-order valence-corrected chi connectivity index (χ1v) is 8.44. The molecule has 0 atom stereocenters. The van der Waals surface area contributed by atoms with Gasteiger partial charge in [-0.25, -0.2) is 9.59 Å². The number of phenolic OH excluding ortho intramolecular Hbond substituents is 1. The smallest absolute Gasteiger partial charge is 0.342 e. The van der Waals surface area contributed by atoms with Crippen molar-refractivity contribution in [3.63, 3.8) is 0 Å².